The second kappa shape index (κ2) is 7.90. The summed E-state index contributed by atoms with van der Waals surface area (Å²) in [5.74, 6) is 0.940. The maximum atomic E-state index is 13.0. The van der Waals surface area contributed by atoms with Crippen molar-refractivity contribution in [3.8, 4) is 22.6 Å². The Labute approximate surface area is 189 Å². The first kappa shape index (κ1) is 19.2. The van der Waals surface area contributed by atoms with Crippen molar-refractivity contribution in [3.05, 3.63) is 84.9 Å². The predicted molar refractivity (Wildman–Crippen MR) is 124 cm³/mol. The maximum absolute atomic E-state index is 13.0. The molecule has 0 bridgehead atoms. The molecule has 0 aliphatic heterocycles. The van der Waals surface area contributed by atoms with Gasteiger partial charge in [-0.3, -0.25) is 14.8 Å². The number of rotatable bonds is 5. The van der Waals surface area contributed by atoms with Crippen molar-refractivity contribution in [2.75, 3.05) is 5.32 Å². The van der Waals surface area contributed by atoms with E-state index in [1.165, 1.54) is 0 Å². The van der Waals surface area contributed by atoms with E-state index in [1.807, 2.05) is 53.1 Å². The highest BCUT2D eigenvalue weighted by Gasteiger charge is 2.27. The van der Waals surface area contributed by atoms with Gasteiger partial charge >= 0.3 is 0 Å². The molecule has 4 aromatic heterocycles. The lowest BCUT2D eigenvalue weighted by Crippen LogP contribution is -2.13. The van der Waals surface area contributed by atoms with Gasteiger partial charge in [-0.05, 0) is 60.9 Å². The Kier molecular flexibility index (Phi) is 4.61. The number of anilines is 1. The Morgan fingerprint density at radius 3 is 2.76 bits per heavy atom. The van der Waals surface area contributed by atoms with Crippen LogP contribution in [0.15, 0.2) is 79.4 Å². The van der Waals surface area contributed by atoms with E-state index >= 15 is 0 Å². The van der Waals surface area contributed by atoms with E-state index in [4.69, 9.17) is 0 Å². The summed E-state index contributed by atoms with van der Waals surface area (Å²) in [6.45, 7) is 0. The van der Waals surface area contributed by atoms with Gasteiger partial charge < -0.3 is 9.88 Å². The van der Waals surface area contributed by atoms with Gasteiger partial charge in [0, 0.05) is 29.6 Å². The molecule has 8 nitrogen and oxygen atoms in total. The summed E-state index contributed by atoms with van der Waals surface area (Å²) in [7, 11) is 0. The van der Waals surface area contributed by atoms with Gasteiger partial charge in [-0.25, -0.2) is 4.98 Å². The molecule has 0 atom stereocenters. The van der Waals surface area contributed by atoms with Crippen LogP contribution >= 0.6 is 0 Å². The second-order valence-corrected chi connectivity index (χ2v) is 8.00. The summed E-state index contributed by atoms with van der Waals surface area (Å²) in [5, 5.41) is 11.1. The quantitative estimate of drug-likeness (QED) is 0.437. The van der Waals surface area contributed by atoms with Gasteiger partial charge in [-0.15, -0.1) is 10.2 Å². The summed E-state index contributed by atoms with van der Waals surface area (Å²) in [6.07, 6.45) is 7.53. The van der Waals surface area contributed by atoms with Crippen LogP contribution in [0, 0.1) is 0 Å². The third-order valence-corrected chi connectivity index (χ3v) is 5.64. The minimum atomic E-state index is -0.239. The molecule has 8 heteroatoms. The Balaban J connectivity index is 1.25. The van der Waals surface area contributed by atoms with Crippen LogP contribution in [-0.4, -0.2) is 35.6 Å². The molecule has 1 saturated carbocycles. The highest BCUT2D eigenvalue weighted by atomic mass is 16.1. The predicted octanol–water partition coefficient (Wildman–Crippen LogP) is 4.54. The molecule has 5 aromatic rings. The highest BCUT2D eigenvalue weighted by Crippen LogP contribution is 2.37. The topological polar surface area (TPSA) is 98.5 Å². The van der Waals surface area contributed by atoms with Crippen molar-refractivity contribution in [1.82, 2.24) is 29.7 Å². The molecule has 1 aromatic carbocycles. The first-order valence-corrected chi connectivity index (χ1v) is 10.7. The molecule has 0 saturated heterocycles. The Hall–Kier alpha value is -4.46. The number of pyridine rings is 3. The SMILES string of the molecule is O=C(Nc1cccc(-c2nncn2C2CC2)n1)c1cccc(-c2cnc3cccnc3c2)c1. The lowest BCUT2D eigenvalue weighted by Gasteiger charge is -2.09. The number of hydrogen-bond donors (Lipinski definition) is 1. The first-order valence-electron chi connectivity index (χ1n) is 10.7. The Bertz CT molecular complexity index is 1490. The smallest absolute Gasteiger partial charge is 0.256 e. The minimum Gasteiger partial charge on any atom is -0.309 e. The number of carbonyl (C=O) groups excluding carboxylic acids is 1. The van der Waals surface area contributed by atoms with Crippen LogP contribution in [0.2, 0.25) is 0 Å². The molecule has 1 aliphatic carbocycles. The number of hydrogen-bond acceptors (Lipinski definition) is 6. The Morgan fingerprint density at radius 1 is 0.939 bits per heavy atom. The average Bonchev–Trinajstić information content (AvgIpc) is 3.59. The fraction of sp³-hybridized carbons (Fsp3) is 0.120. The van der Waals surface area contributed by atoms with Gasteiger partial charge in [0.25, 0.3) is 5.91 Å². The van der Waals surface area contributed by atoms with Crippen LogP contribution in [0.1, 0.15) is 29.2 Å². The number of nitrogens with zero attached hydrogens (tertiary/aromatic N) is 6. The molecule has 0 spiro atoms. The first-order chi connectivity index (χ1) is 16.2. The zero-order valence-corrected chi connectivity index (χ0v) is 17.6. The number of amides is 1. The van der Waals surface area contributed by atoms with Crippen molar-refractivity contribution in [2.45, 2.75) is 18.9 Å². The van der Waals surface area contributed by atoms with Crippen LogP contribution in [0.5, 0.6) is 0 Å². The lowest BCUT2D eigenvalue weighted by molar-refractivity contribution is 0.102. The Morgan fingerprint density at radius 2 is 1.85 bits per heavy atom. The molecular weight excluding hydrogens is 414 g/mol. The zero-order chi connectivity index (χ0) is 22.2. The van der Waals surface area contributed by atoms with Crippen molar-refractivity contribution in [2.24, 2.45) is 0 Å². The van der Waals surface area contributed by atoms with Crippen LogP contribution in [0.4, 0.5) is 5.82 Å². The molecule has 0 radical (unpaired) electrons. The van der Waals surface area contributed by atoms with E-state index in [0.717, 1.165) is 35.0 Å². The molecular formula is C25H19N7O. The summed E-state index contributed by atoms with van der Waals surface area (Å²) in [4.78, 5) is 26.4. The van der Waals surface area contributed by atoms with E-state index in [0.29, 0.717) is 28.9 Å². The number of benzene rings is 1. The number of nitrogens with one attached hydrogen (secondary N) is 1. The van der Waals surface area contributed by atoms with Crippen molar-refractivity contribution in [3.63, 3.8) is 0 Å². The second-order valence-electron chi connectivity index (χ2n) is 8.00. The van der Waals surface area contributed by atoms with Crippen LogP contribution in [0.25, 0.3) is 33.7 Å². The number of aromatic nitrogens is 6. The number of carbonyl (C=O) groups is 1. The summed E-state index contributed by atoms with van der Waals surface area (Å²) >= 11 is 0. The standard InChI is InChI=1S/C25H19N7O/c33-25(30-23-8-2-6-21(29-23)24-31-28-15-32(24)19-9-10-19)17-5-1-4-16(12-17)18-13-22-20(27-14-18)7-3-11-26-22/h1-8,11-15,19H,9-10H2,(H,29,30,33). The monoisotopic (exact) mass is 433 g/mol. The normalized spacial score (nSPS) is 13.2. The van der Waals surface area contributed by atoms with Gasteiger partial charge in [0.05, 0.1) is 11.0 Å². The number of fused-ring (bicyclic) bond motifs is 1. The molecule has 6 rings (SSSR count). The van der Waals surface area contributed by atoms with Gasteiger partial charge in [0.15, 0.2) is 5.82 Å². The molecule has 160 valence electrons. The summed E-state index contributed by atoms with van der Waals surface area (Å²) in [5.41, 5.74) is 4.64. The third-order valence-electron chi connectivity index (χ3n) is 5.64. The van der Waals surface area contributed by atoms with Crippen molar-refractivity contribution < 1.29 is 4.79 Å². The van der Waals surface area contributed by atoms with Gasteiger partial charge in [-0.2, -0.15) is 0 Å². The molecule has 4 heterocycles. The molecule has 0 unspecified atom stereocenters. The van der Waals surface area contributed by atoms with E-state index in [1.54, 1.807) is 30.9 Å². The third kappa shape index (κ3) is 3.82. The summed E-state index contributed by atoms with van der Waals surface area (Å²) in [6, 6.07) is 19.1. The molecule has 1 fully saturated rings. The van der Waals surface area contributed by atoms with E-state index < -0.39 is 0 Å². The minimum absolute atomic E-state index is 0.239. The molecule has 1 N–H and O–H groups in total. The maximum Gasteiger partial charge on any atom is 0.256 e. The summed E-state index contributed by atoms with van der Waals surface area (Å²) < 4.78 is 2.05. The van der Waals surface area contributed by atoms with Crippen LogP contribution in [-0.2, 0) is 0 Å². The fourth-order valence-electron chi connectivity index (χ4n) is 3.81. The van der Waals surface area contributed by atoms with Crippen molar-refractivity contribution in [1.29, 1.82) is 0 Å². The van der Waals surface area contributed by atoms with E-state index in [2.05, 4.69) is 30.5 Å². The van der Waals surface area contributed by atoms with E-state index in [9.17, 15) is 4.79 Å². The highest BCUT2D eigenvalue weighted by molar-refractivity contribution is 6.04. The van der Waals surface area contributed by atoms with E-state index in [-0.39, 0.29) is 5.91 Å². The van der Waals surface area contributed by atoms with Gasteiger partial charge in [0.2, 0.25) is 0 Å². The lowest BCUT2D eigenvalue weighted by atomic mass is 10.0. The van der Waals surface area contributed by atoms with Crippen molar-refractivity contribution >= 4 is 22.8 Å². The molecule has 1 aliphatic rings. The fourth-order valence-corrected chi connectivity index (χ4v) is 3.81. The van der Waals surface area contributed by atoms with Crippen LogP contribution < -0.4 is 5.32 Å². The van der Waals surface area contributed by atoms with Crippen LogP contribution in [0.3, 0.4) is 0 Å². The average molecular weight is 433 g/mol. The van der Waals surface area contributed by atoms with Gasteiger partial charge in [-0.1, -0.05) is 18.2 Å². The van der Waals surface area contributed by atoms with Gasteiger partial charge in [0.1, 0.15) is 17.8 Å². The molecule has 1 amide bonds. The zero-order valence-electron chi connectivity index (χ0n) is 17.6. The largest absolute Gasteiger partial charge is 0.309 e. The molecule has 33 heavy (non-hydrogen) atoms.